The van der Waals surface area contributed by atoms with Gasteiger partial charge in [-0.05, 0) is 24.5 Å². The van der Waals surface area contributed by atoms with Crippen molar-refractivity contribution in [2.24, 2.45) is 0 Å². The quantitative estimate of drug-likeness (QED) is 0.744. The van der Waals surface area contributed by atoms with Crippen LogP contribution in [0.25, 0.3) is 0 Å². The maximum absolute atomic E-state index is 10.9. The maximum atomic E-state index is 10.9. The topological polar surface area (TPSA) is 66.4 Å². The molecule has 1 heterocycles. The van der Waals surface area contributed by atoms with E-state index in [0.717, 1.165) is 11.3 Å². The van der Waals surface area contributed by atoms with Gasteiger partial charge in [0, 0.05) is 5.69 Å². The van der Waals surface area contributed by atoms with Gasteiger partial charge in [-0.3, -0.25) is 4.55 Å². The predicted molar refractivity (Wildman–Crippen MR) is 61.0 cm³/mol. The van der Waals surface area contributed by atoms with Gasteiger partial charge in [0.15, 0.2) is 5.37 Å². The number of halogens is 1. The number of anilines is 1. The minimum Gasteiger partial charge on any atom is -0.367 e. The molecule has 1 aromatic rings. The van der Waals surface area contributed by atoms with Gasteiger partial charge in [0.05, 0.1) is 0 Å². The maximum Gasteiger partial charge on any atom is 0.286 e. The van der Waals surface area contributed by atoms with Crippen LogP contribution >= 0.6 is 12.4 Å². The van der Waals surface area contributed by atoms with E-state index in [4.69, 9.17) is 4.55 Å². The highest BCUT2D eigenvalue weighted by atomic mass is 35.5. The van der Waals surface area contributed by atoms with E-state index in [1.165, 1.54) is 0 Å². The van der Waals surface area contributed by atoms with Gasteiger partial charge < -0.3 is 5.32 Å². The van der Waals surface area contributed by atoms with Gasteiger partial charge in [0.1, 0.15) is 0 Å². The molecule has 0 aromatic heterocycles. The first-order valence-corrected chi connectivity index (χ1v) is 5.88. The zero-order chi connectivity index (χ0) is 10.2. The van der Waals surface area contributed by atoms with Crippen molar-refractivity contribution in [1.29, 1.82) is 0 Å². The SMILES string of the molecule is Cl.O=S(=O)(O)C1CCc2ccccc2N1. The van der Waals surface area contributed by atoms with Gasteiger partial charge in [-0.2, -0.15) is 8.42 Å². The van der Waals surface area contributed by atoms with Crippen molar-refractivity contribution in [2.75, 3.05) is 5.32 Å². The highest BCUT2D eigenvalue weighted by Gasteiger charge is 2.26. The lowest BCUT2D eigenvalue weighted by Gasteiger charge is -2.24. The monoisotopic (exact) mass is 249 g/mol. The molecule has 2 rings (SSSR count). The minimum absolute atomic E-state index is 0. The minimum atomic E-state index is -3.98. The number of fused-ring (bicyclic) bond motifs is 1. The van der Waals surface area contributed by atoms with Gasteiger partial charge in [-0.1, -0.05) is 18.2 Å². The van der Waals surface area contributed by atoms with Crippen molar-refractivity contribution in [3.63, 3.8) is 0 Å². The smallest absolute Gasteiger partial charge is 0.286 e. The average molecular weight is 250 g/mol. The lowest BCUT2D eigenvalue weighted by Crippen LogP contribution is -2.32. The van der Waals surface area contributed by atoms with Crippen molar-refractivity contribution in [1.82, 2.24) is 0 Å². The molecule has 0 amide bonds. The summed E-state index contributed by atoms with van der Waals surface area (Å²) in [5.41, 5.74) is 1.88. The van der Waals surface area contributed by atoms with Gasteiger partial charge in [0.2, 0.25) is 0 Å². The van der Waals surface area contributed by atoms with Crippen LogP contribution in [0, 0.1) is 0 Å². The van der Waals surface area contributed by atoms with Crippen LogP contribution in [0.4, 0.5) is 5.69 Å². The summed E-state index contributed by atoms with van der Waals surface area (Å²) in [6.45, 7) is 0. The molecule has 0 saturated heterocycles. The van der Waals surface area contributed by atoms with Crippen LogP contribution < -0.4 is 5.32 Å². The molecule has 0 radical (unpaired) electrons. The molecule has 1 aromatic carbocycles. The Morgan fingerprint density at radius 1 is 1.33 bits per heavy atom. The van der Waals surface area contributed by atoms with Crippen LogP contribution in [-0.4, -0.2) is 18.3 Å². The molecule has 1 aliphatic rings. The molecule has 15 heavy (non-hydrogen) atoms. The Balaban J connectivity index is 0.00000112. The molecule has 1 aliphatic heterocycles. The van der Waals surface area contributed by atoms with Crippen LogP contribution in [0.1, 0.15) is 12.0 Å². The fourth-order valence-corrected chi connectivity index (χ4v) is 2.33. The Morgan fingerprint density at radius 2 is 2.00 bits per heavy atom. The fourth-order valence-electron chi connectivity index (χ4n) is 1.63. The number of aryl methyl sites for hydroxylation is 1. The van der Waals surface area contributed by atoms with Crippen molar-refractivity contribution >= 4 is 28.2 Å². The van der Waals surface area contributed by atoms with E-state index in [9.17, 15) is 8.42 Å². The molecule has 0 aliphatic carbocycles. The summed E-state index contributed by atoms with van der Waals surface area (Å²) in [4.78, 5) is 0. The lowest BCUT2D eigenvalue weighted by atomic mass is 10.0. The highest BCUT2D eigenvalue weighted by molar-refractivity contribution is 7.86. The van der Waals surface area contributed by atoms with Gasteiger partial charge in [-0.15, -0.1) is 12.4 Å². The molecular weight excluding hydrogens is 238 g/mol. The Bertz CT molecular complexity index is 446. The number of benzene rings is 1. The number of para-hydroxylation sites is 1. The highest BCUT2D eigenvalue weighted by Crippen LogP contribution is 2.25. The van der Waals surface area contributed by atoms with Crippen molar-refractivity contribution in [2.45, 2.75) is 18.2 Å². The largest absolute Gasteiger partial charge is 0.367 e. The summed E-state index contributed by atoms with van der Waals surface area (Å²) in [5.74, 6) is 0. The van der Waals surface area contributed by atoms with Crippen LogP contribution in [0.3, 0.4) is 0 Å². The Morgan fingerprint density at radius 3 is 2.67 bits per heavy atom. The van der Waals surface area contributed by atoms with E-state index < -0.39 is 15.5 Å². The van der Waals surface area contributed by atoms with Crippen molar-refractivity contribution in [3.05, 3.63) is 29.8 Å². The molecule has 2 N–H and O–H groups in total. The standard InChI is InChI=1S/C9H11NO3S.ClH/c11-14(12,13)9-6-5-7-3-1-2-4-8(7)10-9;/h1-4,9-10H,5-6H2,(H,11,12,13);1H. The fraction of sp³-hybridized carbons (Fsp3) is 0.333. The summed E-state index contributed by atoms with van der Waals surface area (Å²) >= 11 is 0. The van der Waals surface area contributed by atoms with Crippen LogP contribution in [0.2, 0.25) is 0 Å². The molecule has 0 spiro atoms. The predicted octanol–water partition coefficient (Wildman–Crippen LogP) is 1.68. The molecule has 4 nitrogen and oxygen atoms in total. The van der Waals surface area contributed by atoms with Crippen molar-refractivity contribution < 1.29 is 13.0 Å². The van der Waals surface area contributed by atoms with Gasteiger partial charge >= 0.3 is 0 Å². The number of hydrogen-bond donors (Lipinski definition) is 2. The normalized spacial score (nSPS) is 19.7. The summed E-state index contributed by atoms with van der Waals surface area (Å²) in [7, 11) is -3.98. The molecule has 84 valence electrons. The zero-order valence-electron chi connectivity index (χ0n) is 7.88. The summed E-state index contributed by atoms with van der Waals surface area (Å²) < 4.78 is 30.7. The molecule has 0 fully saturated rings. The van der Waals surface area contributed by atoms with E-state index in [-0.39, 0.29) is 12.4 Å². The first-order valence-electron chi connectivity index (χ1n) is 4.38. The first kappa shape index (κ1) is 12.3. The third-order valence-electron chi connectivity index (χ3n) is 2.37. The summed E-state index contributed by atoms with van der Waals surface area (Å²) in [6.07, 6.45) is 1.09. The third-order valence-corrected chi connectivity index (χ3v) is 3.44. The van der Waals surface area contributed by atoms with Gasteiger partial charge in [0.25, 0.3) is 10.1 Å². The molecule has 1 atom stereocenters. The molecule has 0 saturated carbocycles. The van der Waals surface area contributed by atoms with E-state index in [1.807, 2.05) is 24.3 Å². The van der Waals surface area contributed by atoms with Crippen LogP contribution in [0.5, 0.6) is 0 Å². The number of rotatable bonds is 1. The first-order chi connectivity index (χ1) is 6.57. The summed E-state index contributed by atoms with van der Waals surface area (Å²) in [5, 5.41) is 1.94. The van der Waals surface area contributed by atoms with E-state index >= 15 is 0 Å². The van der Waals surface area contributed by atoms with Crippen molar-refractivity contribution in [3.8, 4) is 0 Å². The number of hydrogen-bond acceptors (Lipinski definition) is 3. The van der Waals surface area contributed by atoms with Crippen LogP contribution in [0.15, 0.2) is 24.3 Å². The molecule has 1 unspecified atom stereocenters. The molecule has 6 heteroatoms. The van der Waals surface area contributed by atoms with Crippen LogP contribution in [-0.2, 0) is 16.5 Å². The van der Waals surface area contributed by atoms with E-state index in [1.54, 1.807) is 0 Å². The Hall–Kier alpha value is -0.780. The zero-order valence-corrected chi connectivity index (χ0v) is 9.51. The average Bonchev–Trinajstić information content (AvgIpc) is 2.16. The third kappa shape index (κ3) is 2.62. The van der Waals surface area contributed by atoms with E-state index in [0.29, 0.717) is 12.8 Å². The van der Waals surface area contributed by atoms with Gasteiger partial charge in [-0.25, -0.2) is 0 Å². The molecular formula is C9H12ClNO3S. The number of nitrogens with one attached hydrogen (secondary N) is 1. The molecule has 0 bridgehead atoms. The second-order valence-electron chi connectivity index (χ2n) is 3.34. The summed E-state index contributed by atoms with van der Waals surface area (Å²) in [6, 6.07) is 7.50. The second kappa shape index (κ2) is 4.38. The Kier molecular flexibility index (Phi) is 3.59. The second-order valence-corrected chi connectivity index (χ2v) is 4.94. The van der Waals surface area contributed by atoms with E-state index in [2.05, 4.69) is 5.32 Å². The lowest BCUT2D eigenvalue weighted by molar-refractivity contribution is 0.466. The Labute approximate surface area is 94.9 Å².